The van der Waals surface area contributed by atoms with Gasteiger partial charge >= 0.3 is 53.7 Å². The van der Waals surface area contributed by atoms with Crippen molar-refractivity contribution in [1.82, 2.24) is 0 Å². The molecule has 450 valence electrons. The van der Waals surface area contributed by atoms with Gasteiger partial charge in [-0.1, -0.05) is 26.3 Å². The van der Waals surface area contributed by atoms with Crippen LogP contribution in [0.1, 0.15) is 123 Å². The summed E-state index contributed by atoms with van der Waals surface area (Å²) in [6.45, 7) is 13.6. The van der Waals surface area contributed by atoms with Gasteiger partial charge in [0.2, 0.25) is 0 Å². The Kier molecular flexibility index (Phi) is 28.0. The number of ketones is 1. The van der Waals surface area contributed by atoms with Crippen LogP contribution in [0.4, 0.5) is 0 Å². The Morgan fingerprint density at radius 2 is 0.735 bits per heavy atom. The van der Waals surface area contributed by atoms with Gasteiger partial charge in [-0.25, -0.2) is 19.2 Å². The summed E-state index contributed by atoms with van der Waals surface area (Å²) in [5.41, 5.74) is -0.304. The van der Waals surface area contributed by atoms with Gasteiger partial charge in [0, 0.05) is 18.1 Å². The van der Waals surface area contributed by atoms with E-state index in [9.17, 15) is 47.9 Å². The summed E-state index contributed by atoms with van der Waals surface area (Å²) in [6, 6.07) is 8.02. The highest BCUT2D eigenvalue weighted by molar-refractivity contribution is 5.95. The number of carbonyl (C=O) groups is 10. The lowest BCUT2D eigenvalue weighted by Crippen LogP contribution is -2.30. The maximum absolute atomic E-state index is 13.5. The minimum atomic E-state index is -0.883. The van der Waals surface area contributed by atoms with Gasteiger partial charge in [-0.3, -0.25) is 28.8 Å². The number of benzene rings is 2. The molecule has 2 aromatic carbocycles. The van der Waals surface area contributed by atoms with Gasteiger partial charge in [0.1, 0.15) is 67.2 Å². The summed E-state index contributed by atoms with van der Waals surface area (Å²) in [5.74, 6) is -8.69. The number of carbonyl (C=O) groups excluding carboxylic acids is 10. The van der Waals surface area contributed by atoms with Crippen molar-refractivity contribution in [3.63, 3.8) is 0 Å². The van der Waals surface area contributed by atoms with Crippen molar-refractivity contribution in [2.45, 2.75) is 103 Å². The fraction of sp³-hybridized carbons (Fsp3) is 0.508. The van der Waals surface area contributed by atoms with E-state index in [0.29, 0.717) is 77.0 Å². The van der Waals surface area contributed by atoms with Gasteiger partial charge < -0.3 is 56.8 Å². The molecule has 3 aliphatic rings. The molecule has 0 aromatic heterocycles. The number of Topliss-reactive ketones (excluding diaryl/α,β-unsaturated/α-hetero) is 1. The molecule has 0 bridgehead atoms. The van der Waals surface area contributed by atoms with E-state index in [0.717, 1.165) is 12.2 Å². The normalized spacial score (nSPS) is 19.1. The molecular formula is C61H74O22. The van der Waals surface area contributed by atoms with E-state index >= 15 is 0 Å². The van der Waals surface area contributed by atoms with Gasteiger partial charge in [0.05, 0.1) is 68.5 Å². The van der Waals surface area contributed by atoms with Crippen LogP contribution in [0.15, 0.2) is 87.4 Å². The van der Waals surface area contributed by atoms with Crippen LogP contribution in [-0.2, 0) is 76.3 Å². The second-order valence-corrected chi connectivity index (χ2v) is 19.8. The van der Waals surface area contributed by atoms with Crippen LogP contribution < -0.4 is 18.9 Å². The minimum absolute atomic E-state index is 0.00285. The van der Waals surface area contributed by atoms with E-state index < -0.39 is 65.5 Å². The fourth-order valence-corrected chi connectivity index (χ4v) is 9.46. The first-order valence-corrected chi connectivity index (χ1v) is 27.9. The maximum atomic E-state index is 13.5. The number of unbranched alkanes of at least 4 members (excludes halogenated alkanes) is 2. The van der Waals surface area contributed by atoms with E-state index in [2.05, 4.69) is 26.3 Å². The summed E-state index contributed by atoms with van der Waals surface area (Å²) in [6.07, 6.45) is 10.8. The zero-order valence-electron chi connectivity index (χ0n) is 46.7. The molecule has 0 atom stereocenters. The van der Waals surface area contributed by atoms with Crippen LogP contribution in [0, 0.1) is 35.5 Å². The van der Waals surface area contributed by atoms with Crippen molar-refractivity contribution in [1.29, 1.82) is 0 Å². The van der Waals surface area contributed by atoms with Crippen LogP contribution >= 0.6 is 0 Å². The van der Waals surface area contributed by atoms with E-state index in [-0.39, 0.29) is 149 Å². The average Bonchev–Trinajstić information content (AvgIpc) is 3.56. The first kappa shape index (κ1) is 65.5. The summed E-state index contributed by atoms with van der Waals surface area (Å²) in [7, 11) is 0. The molecule has 3 saturated carbocycles. The second kappa shape index (κ2) is 35.5. The molecule has 0 unspecified atom stereocenters. The summed E-state index contributed by atoms with van der Waals surface area (Å²) in [4.78, 5) is 128. The molecule has 2 aromatic rings. The molecule has 22 heteroatoms. The molecular weight excluding hydrogens is 1080 g/mol. The lowest BCUT2D eigenvalue weighted by atomic mass is 9.80. The molecule has 3 fully saturated rings. The third-order valence-corrected chi connectivity index (χ3v) is 14.2. The van der Waals surface area contributed by atoms with Crippen molar-refractivity contribution < 1.29 is 105 Å². The molecule has 0 heterocycles. The maximum Gasteiger partial charge on any atom is 0.342 e. The predicted octanol–water partition coefficient (Wildman–Crippen LogP) is 8.21. The molecule has 0 amide bonds. The Morgan fingerprint density at radius 1 is 0.386 bits per heavy atom. The Hall–Kier alpha value is -8.30. The van der Waals surface area contributed by atoms with Crippen LogP contribution in [0.3, 0.4) is 0 Å². The average molecular weight is 1160 g/mol. The van der Waals surface area contributed by atoms with Crippen LogP contribution in [0.25, 0.3) is 0 Å². The monoisotopic (exact) mass is 1160 g/mol. The molecule has 3 aliphatic carbocycles. The second-order valence-electron chi connectivity index (χ2n) is 19.8. The predicted molar refractivity (Wildman–Crippen MR) is 292 cm³/mol. The number of esters is 9. The lowest BCUT2D eigenvalue weighted by molar-refractivity contribution is -0.152. The van der Waals surface area contributed by atoms with Gasteiger partial charge in [0.25, 0.3) is 0 Å². The molecule has 0 saturated heterocycles. The summed E-state index contributed by atoms with van der Waals surface area (Å²) >= 11 is 0. The molecule has 0 aliphatic heterocycles. The van der Waals surface area contributed by atoms with E-state index in [4.69, 9.17) is 56.8 Å². The quantitative estimate of drug-likeness (QED) is 0.0159. The van der Waals surface area contributed by atoms with Crippen molar-refractivity contribution in [2.24, 2.45) is 35.5 Å². The largest absolute Gasteiger partial charge is 0.498 e. The Morgan fingerprint density at radius 3 is 1.13 bits per heavy atom. The SMILES string of the molecule is C=COCCOC(=O)c1cc(OC(=O)C2CCC(C(=O)Oc3ccc(OC(=O)C4CCC(C(=O)OCCCCOC(=O)C=C)CC4)c(C(=O)OCCOC=C)c3)CC2)ccc1OCC(=O)C1CCC(C(=O)OCCCCOC(=O)C=C)CC1. The molecule has 5 rings (SSSR count). The standard InChI is InChI=1S/C61H74O22/c1-5-53(63)74-29-9-11-31-76-55(65)41-15-13-40(14-16-41)50(62)39-80-51-27-25-46(37-48(51)60(70)78-35-33-72-7-3)81-57(67)43-21-23-44(24-22-43)58(68)82-47-26-28-52(49(38-47)61(71)79-36-34-73-8-4)83-59(69)45-19-17-42(18-20-45)56(66)77-32-12-10-30-75-54(64)6-2/h5-8,25-28,37-38,40-45H,1-4,9-24,29-36,39H2. The van der Waals surface area contributed by atoms with Crippen LogP contribution in [0.5, 0.6) is 23.0 Å². The molecule has 0 N–H and O–H groups in total. The van der Waals surface area contributed by atoms with Crippen molar-refractivity contribution >= 4 is 59.5 Å². The molecule has 83 heavy (non-hydrogen) atoms. The van der Waals surface area contributed by atoms with Crippen molar-refractivity contribution in [3.8, 4) is 23.0 Å². The first-order valence-electron chi connectivity index (χ1n) is 27.9. The van der Waals surface area contributed by atoms with Gasteiger partial charge in [-0.15, -0.1) is 0 Å². The topological polar surface area (TPSA) is 281 Å². The summed E-state index contributed by atoms with van der Waals surface area (Å²) < 4.78 is 64.5. The van der Waals surface area contributed by atoms with E-state index in [1.165, 1.54) is 48.9 Å². The molecule has 22 nitrogen and oxygen atoms in total. The molecule has 0 radical (unpaired) electrons. The molecule has 0 spiro atoms. The Balaban J connectivity index is 1.11. The van der Waals surface area contributed by atoms with Gasteiger partial charge in [-0.05, 0) is 139 Å². The van der Waals surface area contributed by atoms with E-state index in [1.54, 1.807) is 0 Å². The number of hydrogen-bond acceptors (Lipinski definition) is 22. The zero-order valence-corrected chi connectivity index (χ0v) is 46.7. The van der Waals surface area contributed by atoms with Crippen LogP contribution in [0.2, 0.25) is 0 Å². The first-order chi connectivity index (χ1) is 40.1. The lowest BCUT2D eigenvalue weighted by Gasteiger charge is -2.26. The third kappa shape index (κ3) is 22.2. The third-order valence-electron chi connectivity index (χ3n) is 14.2. The highest BCUT2D eigenvalue weighted by atomic mass is 16.6. The highest BCUT2D eigenvalue weighted by Crippen LogP contribution is 2.36. The van der Waals surface area contributed by atoms with Crippen molar-refractivity contribution in [2.75, 3.05) is 59.5 Å². The minimum Gasteiger partial charge on any atom is -0.498 e. The number of rotatable bonds is 34. The van der Waals surface area contributed by atoms with Gasteiger partial charge in [0.15, 0.2) is 5.78 Å². The highest BCUT2D eigenvalue weighted by Gasteiger charge is 2.36. The number of hydrogen-bond donors (Lipinski definition) is 0. The van der Waals surface area contributed by atoms with Gasteiger partial charge in [-0.2, -0.15) is 0 Å². The smallest absolute Gasteiger partial charge is 0.342 e. The zero-order chi connectivity index (χ0) is 59.9. The van der Waals surface area contributed by atoms with Crippen LogP contribution in [-0.4, -0.2) is 119 Å². The number of ether oxygens (including phenoxy) is 12. The van der Waals surface area contributed by atoms with E-state index in [1.807, 2.05) is 0 Å². The Labute approximate surface area is 482 Å². The summed E-state index contributed by atoms with van der Waals surface area (Å²) in [5, 5.41) is 0. The van der Waals surface area contributed by atoms with Crippen molar-refractivity contribution in [3.05, 3.63) is 98.5 Å². The Bertz CT molecular complexity index is 2600. The fourth-order valence-electron chi connectivity index (χ4n) is 9.46.